The molecule has 1 heteroatoms. The second-order valence-electron chi connectivity index (χ2n) is 9.79. The zero-order valence-electron chi connectivity index (χ0n) is 24.0. The molecule has 39 heavy (non-hydrogen) atoms. The van der Waals surface area contributed by atoms with Gasteiger partial charge < -0.3 is 4.42 Å². The molecule has 0 aliphatic heterocycles. The minimum absolute atomic E-state index is 0.177. The maximum Gasteiger partial charge on any atom is 0.136 e. The Kier molecular flexibility index (Phi) is 4.25. The second kappa shape index (κ2) is 8.72. The first-order valence-corrected chi connectivity index (χ1v) is 13.1. The van der Waals surface area contributed by atoms with Crippen LogP contribution in [0.1, 0.15) is 4.11 Å². The summed E-state index contributed by atoms with van der Waals surface area (Å²) in [6, 6.07) is 42.7. The quantitative estimate of drug-likeness (QED) is 0.220. The van der Waals surface area contributed by atoms with E-state index in [4.69, 9.17) is 7.16 Å². The molecular formula is C38H24O. The SMILES string of the molecule is [2H]c1cc([2H])c(-c2c3ccccc3c(-c3cccc4oc5ccccc5c34)c3ccccc23)c([2H])c1-c1ccccc1. The lowest BCUT2D eigenvalue weighted by Gasteiger charge is -2.18. The van der Waals surface area contributed by atoms with Gasteiger partial charge in [0.1, 0.15) is 11.2 Å². The van der Waals surface area contributed by atoms with Crippen LogP contribution in [-0.4, -0.2) is 0 Å². The number of hydrogen-bond acceptors (Lipinski definition) is 1. The average Bonchev–Trinajstić information content (AvgIpc) is 3.40. The zero-order valence-corrected chi connectivity index (χ0v) is 21.0. The number of hydrogen-bond donors (Lipinski definition) is 0. The molecule has 1 nitrogen and oxygen atoms in total. The van der Waals surface area contributed by atoms with Gasteiger partial charge in [0.05, 0.1) is 4.11 Å². The van der Waals surface area contributed by atoms with Crippen molar-refractivity contribution in [1.82, 2.24) is 0 Å². The van der Waals surface area contributed by atoms with E-state index in [1.54, 1.807) is 6.07 Å². The fraction of sp³-hybridized carbons (Fsp3) is 0. The largest absolute Gasteiger partial charge is 0.456 e. The Bertz CT molecular complexity index is 2280. The maximum absolute atomic E-state index is 9.40. The van der Waals surface area contributed by atoms with Crippen molar-refractivity contribution >= 4 is 43.5 Å². The number of fused-ring (bicyclic) bond motifs is 5. The van der Waals surface area contributed by atoms with Crippen molar-refractivity contribution in [3.05, 3.63) is 146 Å². The smallest absolute Gasteiger partial charge is 0.136 e. The van der Waals surface area contributed by atoms with Crippen molar-refractivity contribution in [1.29, 1.82) is 0 Å². The summed E-state index contributed by atoms with van der Waals surface area (Å²) >= 11 is 0. The first-order chi connectivity index (χ1) is 20.6. The van der Waals surface area contributed by atoms with Crippen LogP contribution < -0.4 is 0 Å². The van der Waals surface area contributed by atoms with Gasteiger partial charge in [-0.25, -0.2) is 0 Å². The van der Waals surface area contributed by atoms with Crippen LogP contribution in [0.2, 0.25) is 0 Å². The second-order valence-corrected chi connectivity index (χ2v) is 9.79. The van der Waals surface area contributed by atoms with E-state index in [2.05, 4.69) is 36.4 Å². The molecular weight excluding hydrogens is 472 g/mol. The van der Waals surface area contributed by atoms with Crippen LogP contribution in [0, 0.1) is 0 Å². The first-order valence-electron chi connectivity index (χ1n) is 14.6. The summed E-state index contributed by atoms with van der Waals surface area (Å²) < 4.78 is 33.4. The Morgan fingerprint density at radius 2 is 0.974 bits per heavy atom. The number of para-hydroxylation sites is 1. The lowest BCUT2D eigenvalue weighted by Crippen LogP contribution is -1.91. The Hall–Kier alpha value is -5.14. The molecule has 0 bridgehead atoms. The molecule has 0 fully saturated rings. The molecule has 0 unspecified atom stereocenters. The van der Waals surface area contributed by atoms with E-state index in [0.717, 1.165) is 65.7 Å². The standard InChI is InChI=1S/C38H24O/c1-2-12-25(13-3-1)26-14-10-15-27(24-26)36-28-16-4-6-18-30(28)37(31-19-7-5-17-29(31)36)33-21-11-23-35-38(33)32-20-8-9-22-34(32)39-35/h1-24H/i14D,15D,24D. The van der Waals surface area contributed by atoms with E-state index >= 15 is 0 Å². The van der Waals surface area contributed by atoms with E-state index < -0.39 is 0 Å². The highest BCUT2D eigenvalue weighted by Gasteiger charge is 2.20. The van der Waals surface area contributed by atoms with Crippen LogP contribution in [-0.2, 0) is 0 Å². The molecule has 8 rings (SSSR count). The van der Waals surface area contributed by atoms with E-state index in [1.807, 2.05) is 84.9 Å². The minimum atomic E-state index is 0.177. The van der Waals surface area contributed by atoms with Crippen LogP contribution >= 0.6 is 0 Å². The summed E-state index contributed by atoms with van der Waals surface area (Å²) in [5.41, 5.74) is 6.60. The predicted octanol–water partition coefficient (Wildman–Crippen LogP) is 10.9. The molecule has 0 radical (unpaired) electrons. The van der Waals surface area contributed by atoms with Crippen LogP contribution in [0.4, 0.5) is 0 Å². The summed E-state index contributed by atoms with van der Waals surface area (Å²) in [5, 5.41) is 6.16. The number of benzene rings is 7. The molecule has 0 aliphatic carbocycles. The van der Waals surface area contributed by atoms with E-state index in [1.165, 1.54) is 0 Å². The van der Waals surface area contributed by atoms with E-state index in [9.17, 15) is 1.37 Å². The fourth-order valence-electron chi connectivity index (χ4n) is 5.94. The van der Waals surface area contributed by atoms with Gasteiger partial charge in [0, 0.05) is 10.8 Å². The van der Waals surface area contributed by atoms with Gasteiger partial charge in [-0.15, -0.1) is 0 Å². The number of furan rings is 1. The van der Waals surface area contributed by atoms with Crippen molar-refractivity contribution in [2.45, 2.75) is 0 Å². The molecule has 7 aromatic carbocycles. The summed E-state index contributed by atoms with van der Waals surface area (Å²) in [4.78, 5) is 0. The molecule has 0 saturated carbocycles. The van der Waals surface area contributed by atoms with Crippen molar-refractivity contribution in [3.8, 4) is 33.4 Å². The lowest BCUT2D eigenvalue weighted by molar-refractivity contribution is 0.669. The van der Waals surface area contributed by atoms with Crippen LogP contribution in [0.15, 0.2) is 150 Å². The molecule has 0 spiro atoms. The first kappa shape index (κ1) is 19.0. The summed E-state index contributed by atoms with van der Waals surface area (Å²) in [5.74, 6) is 0. The highest BCUT2D eigenvalue weighted by atomic mass is 16.3. The lowest BCUT2D eigenvalue weighted by atomic mass is 9.84. The third-order valence-electron chi connectivity index (χ3n) is 7.60. The van der Waals surface area contributed by atoms with Gasteiger partial charge in [0.15, 0.2) is 0 Å². The molecule has 0 amide bonds. The fourth-order valence-corrected chi connectivity index (χ4v) is 5.94. The molecule has 0 aliphatic rings. The van der Waals surface area contributed by atoms with Crippen molar-refractivity contribution in [3.63, 3.8) is 0 Å². The van der Waals surface area contributed by atoms with Gasteiger partial charge in [-0.05, 0) is 73.1 Å². The molecule has 0 saturated heterocycles. The van der Waals surface area contributed by atoms with Gasteiger partial charge in [0.25, 0.3) is 0 Å². The highest BCUT2D eigenvalue weighted by molar-refractivity contribution is 6.25. The Balaban J connectivity index is 1.54. The van der Waals surface area contributed by atoms with E-state index in [-0.39, 0.29) is 18.1 Å². The molecule has 8 aromatic rings. The molecule has 0 atom stereocenters. The van der Waals surface area contributed by atoms with Crippen molar-refractivity contribution in [2.75, 3.05) is 0 Å². The van der Waals surface area contributed by atoms with Gasteiger partial charge in [-0.2, -0.15) is 0 Å². The van der Waals surface area contributed by atoms with Crippen molar-refractivity contribution in [2.24, 2.45) is 0 Å². The summed E-state index contributed by atoms with van der Waals surface area (Å²) in [6.07, 6.45) is 0. The minimum Gasteiger partial charge on any atom is -0.456 e. The molecule has 1 heterocycles. The maximum atomic E-state index is 9.40. The monoisotopic (exact) mass is 499 g/mol. The average molecular weight is 500 g/mol. The summed E-state index contributed by atoms with van der Waals surface area (Å²) in [7, 11) is 0. The van der Waals surface area contributed by atoms with Crippen LogP contribution in [0.5, 0.6) is 0 Å². The Morgan fingerprint density at radius 3 is 1.69 bits per heavy atom. The Morgan fingerprint density at radius 1 is 0.410 bits per heavy atom. The van der Waals surface area contributed by atoms with E-state index in [0.29, 0.717) is 11.1 Å². The van der Waals surface area contributed by atoms with Gasteiger partial charge >= 0.3 is 0 Å². The summed E-state index contributed by atoms with van der Waals surface area (Å²) in [6.45, 7) is 0. The highest BCUT2D eigenvalue weighted by Crippen LogP contribution is 2.47. The van der Waals surface area contributed by atoms with Crippen molar-refractivity contribution < 1.29 is 8.53 Å². The molecule has 0 N–H and O–H groups in total. The third-order valence-corrected chi connectivity index (χ3v) is 7.60. The van der Waals surface area contributed by atoms with Gasteiger partial charge in [0.2, 0.25) is 0 Å². The Labute approximate surface area is 230 Å². The zero-order chi connectivity index (χ0) is 28.4. The third kappa shape index (κ3) is 3.41. The molecule has 182 valence electrons. The predicted molar refractivity (Wildman–Crippen MR) is 165 cm³/mol. The molecule has 1 aromatic heterocycles. The van der Waals surface area contributed by atoms with Crippen LogP contribution in [0.3, 0.4) is 0 Å². The number of rotatable bonds is 3. The normalized spacial score (nSPS) is 12.7. The van der Waals surface area contributed by atoms with Crippen LogP contribution in [0.25, 0.3) is 76.9 Å². The van der Waals surface area contributed by atoms with Gasteiger partial charge in [-0.3, -0.25) is 0 Å². The topological polar surface area (TPSA) is 13.1 Å². The van der Waals surface area contributed by atoms with Gasteiger partial charge in [-0.1, -0.05) is 127 Å².